The number of aliphatic hydroxyl groups is 1. The van der Waals surface area contributed by atoms with E-state index in [2.05, 4.69) is 0 Å². The molecule has 0 amide bonds. The van der Waals surface area contributed by atoms with Gasteiger partial charge in [-0.3, -0.25) is 0 Å². The van der Waals surface area contributed by atoms with Crippen molar-refractivity contribution >= 4 is 7.80 Å². The Kier molecular flexibility index (Phi) is 4.38. The van der Waals surface area contributed by atoms with E-state index < -0.39 is 7.80 Å². The Balaban J connectivity index is 2.06. The van der Waals surface area contributed by atoms with Crippen molar-refractivity contribution in [1.82, 2.24) is 0 Å². The molecule has 0 bridgehead atoms. The molecule has 3 heteroatoms. The first-order chi connectivity index (χ1) is 7.70. The van der Waals surface area contributed by atoms with Crippen LogP contribution in [0.5, 0.6) is 0 Å². The van der Waals surface area contributed by atoms with E-state index in [1.165, 1.54) is 32.1 Å². The zero-order chi connectivity index (χ0) is 11.5. The number of hydrogen-bond donors (Lipinski definition) is 1. The second-order valence-electron chi connectivity index (χ2n) is 5.58. The maximum absolute atomic E-state index is 11.8. The molecule has 0 aromatic carbocycles. The van der Waals surface area contributed by atoms with Crippen molar-refractivity contribution in [3.63, 3.8) is 0 Å². The molecule has 92 valence electrons. The van der Waals surface area contributed by atoms with Crippen LogP contribution in [0, 0.1) is 11.8 Å². The highest BCUT2D eigenvalue weighted by molar-refractivity contribution is 7.44. The minimum Gasteiger partial charge on any atom is -0.393 e. The topological polar surface area (TPSA) is 37.3 Å². The summed E-state index contributed by atoms with van der Waals surface area (Å²) in [6, 6.07) is 0. The highest BCUT2D eigenvalue weighted by atomic mass is 31.1. The molecule has 2 saturated carbocycles. The normalized spacial score (nSPS) is 41.8. The van der Waals surface area contributed by atoms with E-state index in [1.807, 2.05) is 6.66 Å². The lowest BCUT2D eigenvalue weighted by atomic mass is 9.72. The van der Waals surface area contributed by atoms with Crippen LogP contribution in [0.15, 0.2) is 0 Å². The molecule has 2 nitrogen and oxygen atoms in total. The van der Waals surface area contributed by atoms with Crippen LogP contribution in [0.3, 0.4) is 0 Å². The smallest absolute Gasteiger partial charge is 0.338 e. The highest BCUT2D eigenvalue weighted by Crippen LogP contribution is 2.46. The Labute approximate surface area is 99.6 Å². The fourth-order valence-corrected chi connectivity index (χ4v) is 5.19. The Morgan fingerprint density at radius 3 is 2.12 bits per heavy atom. The van der Waals surface area contributed by atoms with Crippen molar-refractivity contribution in [2.45, 2.75) is 63.1 Å². The van der Waals surface area contributed by atoms with Crippen molar-refractivity contribution in [2.24, 2.45) is 11.8 Å². The second kappa shape index (κ2) is 5.60. The first kappa shape index (κ1) is 12.5. The zero-order valence-electron chi connectivity index (χ0n) is 10.3. The molecule has 0 heterocycles. The molecule has 0 spiro atoms. The van der Waals surface area contributed by atoms with Gasteiger partial charge < -0.3 is 5.11 Å². The van der Waals surface area contributed by atoms with E-state index >= 15 is 0 Å². The van der Waals surface area contributed by atoms with Gasteiger partial charge in [-0.25, -0.2) is 0 Å². The summed E-state index contributed by atoms with van der Waals surface area (Å²) in [4.78, 5) is 0. The van der Waals surface area contributed by atoms with Gasteiger partial charge in [-0.1, -0.05) is 23.8 Å². The van der Waals surface area contributed by atoms with Crippen LogP contribution in [-0.4, -0.2) is 23.5 Å². The molecule has 0 aliphatic heterocycles. The largest absolute Gasteiger partial charge is 0.393 e. The van der Waals surface area contributed by atoms with Crippen molar-refractivity contribution in [2.75, 3.05) is 6.66 Å². The van der Waals surface area contributed by atoms with Crippen molar-refractivity contribution in [3.05, 3.63) is 0 Å². The minimum absolute atomic E-state index is 0.116. The summed E-state index contributed by atoms with van der Waals surface area (Å²) in [5, 5.41) is 10.1. The van der Waals surface area contributed by atoms with Crippen LogP contribution >= 0.6 is 7.80 Å². The van der Waals surface area contributed by atoms with Gasteiger partial charge in [0.05, 0.1) is 6.10 Å². The van der Waals surface area contributed by atoms with Crippen LogP contribution in [-0.2, 0) is 4.57 Å². The standard InChI is InChI=1S/C13H24O2P/c1-16(15)13-9-5-3-7-11(13)10-6-2-4-8-12(10)14/h10-14H,2-9H2,1H3/q+1. The predicted molar refractivity (Wildman–Crippen MR) is 67.2 cm³/mol. The minimum atomic E-state index is -1.06. The van der Waals surface area contributed by atoms with Crippen LogP contribution in [0.4, 0.5) is 0 Å². The van der Waals surface area contributed by atoms with Gasteiger partial charge in [-0.15, -0.1) is 0 Å². The average molecular weight is 243 g/mol. The molecule has 0 aromatic heterocycles. The summed E-state index contributed by atoms with van der Waals surface area (Å²) in [6.45, 7) is 1.88. The highest BCUT2D eigenvalue weighted by Gasteiger charge is 2.43. The number of rotatable bonds is 2. The molecule has 0 radical (unpaired) electrons. The molecule has 16 heavy (non-hydrogen) atoms. The van der Waals surface area contributed by atoms with Crippen molar-refractivity contribution in [1.29, 1.82) is 0 Å². The second-order valence-corrected chi connectivity index (χ2v) is 7.33. The third-order valence-corrected chi connectivity index (χ3v) is 6.16. The molecule has 0 saturated heterocycles. The lowest BCUT2D eigenvalue weighted by Crippen LogP contribution is -2.37. The summed E-state index contributed by atoms with van der Waals surface area (Å²) in [6.07, 6.45) is 9.26. The van der Waals surface area contributed by atoms with E-state index in [0.717, 1.165) is 19.3 Å². The van der Waals surface area contributed by atoms with Crippen LogP contribution in [0.1, 0.15) is 51.4 Å². The van der Waals surface area contributed by atoms with Gasteiger partial charge >= 0.3 is 7.80 Å². The molecule has 1 N–H and O–H groups in total. The molecule has 2 aliphatic carbocycles. The van der Waals surface area contributed by atoms with Gasteiger partial charge in [0, 0.05) is 5.92 Å². The van der Waals surface area contributed by atoms with E-state index in [1.54, 1.807) is 0 Å². The maximum atomic E-state index is 11.8. The lowest BCUT2D eigenvalue weighted by molar-refractivity contribution is 0.0270. The van der Waals surface area contributed by atoms with Crippen molar-refractivity contribution < 1.29 is 9.67 Å². The Hall–Kier alpha value is 0.0600. The Morgan fingerprint density at radius 2 is 1.50 bits per heavy atom. The zero-order valence-corrected chi connectivity index (χ0v) is 11.2. The molecular formula is C13H24O2P+. The first-order valence-corrected chi connectivity index (χ1v) is 8.56. The van der Waals surface area contributed by atoms with E-state index in [4.69, 9.17) is 0 Å². The Bertz CT molecular complexity index is 254. The third-order valence-electron chi connectivity index (χ3n) is 4.58. The number of aliphatic hydroxyl groups excluding tert-OH is 1. The first-order valence-electron chi connectivity index (χ1n) is 6.78. The number of hydrogen-bond acceptors (Lipinski definition) is 2. The molecule has 2 fully saturated rings. The van der Waals surface area contributed by atoms with Gasteiger partial charge in [-0.2, -0.15) is 0 Å². The lowest BCUT2D eigenvalue weighted by Gasteiger charge is -2.37. The van der Waals surface area contributed by atoms with Gasteiger partial charge in [0.25, 0.3) is 0 Å². The molecule has 5 unspecified atom stereocenters. The summed E-state index contributed by atoms with van der Waals surface area (Å²) in [7, 11) is -1.06. The van der Waals surface area contributed by atoms with E-state index in [9.17, 15) is 9.67 Å². The van der Waals surface area contributed by atoms with E-state index in [0.29, 0.717) is 17.5 Å². The molecule has 0 aromatic rings. The third kappa shape index (κ3) is 2.65. The fraction of sp³-hybridized carbons (Fsp3) is 1.00. The SMILES string of the molecule is C[P+](=O)C1CCCCC1C1CCCCC1O. The van der Waals surface area contributed by atoms with Gasteiger partial charge in [0.2, 0.25) is 0 Å². The summed E-state index contributed by atoms with van der Waals surface area (Å²) < 4.78 is 11.8. The molecule has 2 rings (SSSR count). The molecule has 5 atom stereocenters. The quantitative estimate of drug-likeness (QED) is 0.753. The summed E-state index contributed by atoms with van der Waals surface area (Å²) in [5.41, 5.74) is 0.390. The van der Waals surface area contributed by atoms with Gasteiger partial charge in [0.1, 0.15) is 6.66 Å². The van der Waals surface area contributed by atoms with Gasteiger partial charge in [0.15, 0.2) is 5.66 Å². The predicted octanol–water partition coefficient (Wildman–Crippen LogP) is 3.55. The van der Waals surface area contributed by atoms with Gasteiger partial charge in [-0.05, 0) is 38.0 Å². The van der Waals surface area contributed by atoms with Crippen molar-refractivity contribution in [3.8, 4) is 0 Å². The molecular weight excluding hydrogens is 219 g/mol. The average Bonchev–Trinajstić information content (AvgIpc) is 2.29. The van der Waals surface area contributed by atoms with Crippen LogP contribution in [0.25, 0.3) is 0 Å². The summed E-state index contributed by atoms with van der Waals surface area (Å²) >= 11 is 0. The van der Waals surface area contributed by atoms with Crippen LogP contribution < -0.4 is 0 Å². The van der Waals surface area contributed by atoms with Crippen LogP contribution in [0.2, 0.25) is 0 Å². The maximum Gasteiger partial charge on any atom is 0.338 e. The fourth-order valence-electron chi connectivity index (χ4n) is 3.73. The monoisotopic (exact) mass is 243 g/mol. The molecule has 2 aliphatic rings. The Morgan fingerprint density at radius 1 is 0.938 bits per heavy atom. The van der Waals surface area contributed by atoms with E-state index in [-0.39, 0.29) is 6.10 Å². The summed E-state index contributed by atoms with van der Waals surface area (Å²) in [5.74, 6) is 0.982.